The number of hydrogen-bond acceptors (Lipinski definition) is 3. The molecule has 0 fully saturated rings. The second-order valence-electron chi connectivity index (χ2n) is 2.83. The highest BCUT2D eigenvalue weighted by atomic mass is 16.7. The molecule has 5 heteroatoms. The monoisotopic (exact) mass is 194 g/mol. The third-order valence-electron chi connectivity index (χ3n) is 1.89. The van der Waals surface area contributed by atoms with Crippen LogP contribution in [0, 0.1) is 0 Å². The van der Waals surface area contributed by atoms with Crippen molar-refractivity contribution in [2.45, 2.75) is 13.3 Å². The van der Waals surface area contributed by atoms with Crippen molar-refractivity contribution < 1.29 is 19.6 Å². The minimum Gasteiger partial charge on any atom is -0.473 e. The van der Waals surface area contributed by atoms with Crippen molar-refractivity contribution in [1.29, 1.82) is 0 Å². The molecule has 2 N–H and O–H groups in total. The Bertz CT molecular complexity index is 309. The lowest BCUT2D eigenvalue weighted by atomic mass is 9.79. The van der Waals surface area contributed by atoms with Crippen LogP contribution in [0.3, 0.4) is 0 Å². The summed E-state index contributed by atoms with van der Waals surface area (Å²) in [4.78, 5) is 10.1. The molecule has 0 heterocycles. The summed E-state index contributed by atoms with van der Waals surface area (Å²) >= 11 is 0. The average Bonchev–Trinajstić information content (AvgIpc) is 2.17. The van der Waals surface area contributed by atoms with Crippen LogP contribution < -0.4 is 5.46 Å². The zero-order valence-corrected chi connectivity index (χ0v) is 7.80. The Labute approximate surface area is 82.3 Å². The van der Waals surface area contributed by atoms with Crippen LogP contribution in [0.1, 0.15) is 12.5 Å². The number of hydrogen-bond donors (Lipinski definition) is 2. The Kier molecular flexibility index (Phi) is 3.53. The molecule has 0 saturated heterocycles. The van der Waals surface area contributed by atoms with Gasteiger partial charge in [0.25, 0.3) is 0 Å². The van der Waals surface area contributed by atoms with Gasteiger partial charge in [-0.1, -0.05) is 31.2 Å². The average molecular weight is 194 g/mol. The normalized spacial score (nSPS) is 9.57. The summed E-state index contributed by atoms with van der Waals surface area (Å²) in [6, 6.07) is 6.94. The summed E-state index contributed by atoms with van der Waals surface area (Å²) in [5, 5.41) is 17.5. The van der Waals surface area contributed by atoms with Gasteiger partial charge in [-0.05, 0) is 17.4 Å². The maximum absolute atomic E-state index is 10.1. The topological polar surface area (TPSA) is 66.8 Å². The molecule has 0 radical (unpaired) electrons. The first kappa shape index (κ1) is 10.6. The molecule has 4 nitrogen and oxygen atoms in total. The summed E-state index contributed by atoms with van der Waals surface area (Å²) in [5.41, 5.74) is 1.56. The Morgan fingerprint density at radius 3 is 2.43 bits per heavy atom. The zero-order valence-electron chi connectivity index (χ0n) is 7.80. The van der Waals surface area contributed by atoms with Gasteiger partial charge in [0, 0.05) is 0 Å². The van der Waals surface area contributed by atoms with Gasteiger partial charge in [0.05, 0.1) is 0 Å². The third-order valence-corrected chi connectivity index (χ3v) is 1.89. The Morgan fingerprint density at radius 1 is 1.43 bits per heavy atom. The molecule has 0 unspecified atom stereocenters. The summed E-state index contributed by atoms with van der Waals surface area (Å²) in [5.74, 6) is 0. The van der Waals surface area contributed by atoms with E-state index in [0.29, 0.717) is 5.46 Å². The van der Waals surface area contributed by atoms with Crippen molar-refractivity contribution in [3.8, 4) is 0 Å². The molecule has 1 aromatic rings. The molecular weight excluding hydrogens is 183 g/mol. The van der Waals surface area contributed by atoms with Crippen LogP contribution >= 0.6 is 0 Å². The number of aryl methyl sites for hydroxylation is 1. The van der Waals surface area contributed by atoms with E-state index >= 15 is 0 Å². The maximum Gasteiger partial charge on any atom is 0.564 e. The van der Waals surface area contributed by atoms with E-state index in [1.165, 1.54) is 0 Å². The summed E-state index contributed by atoms with van der Waals surface area (Å²) in [6.07, 6.45) is -0.590. The second-order valence-corrected chi connectivity index (χ2v) is 2.83. The lowest BCUT2D eigenvalue weighted by molar-refractivity contribution is 0.137. The molecule has 1 aromatic carbocycles. The summed E-state index contributed by atoms with van der Waals surface area (Å²) in [6.45, 7) is 2.01. The number of carboxylic acid groups (broad SMARTS) is 1. The fourth-order valence-corrected chi connectivity index (χ4v) is 1.08. The van der Waals surface area contributed by atoms with Crippen LogP contribution in [0.2, 0.25) is 0 Å². The zero-order chi connectivity index (χ0) is 10.6. The van der Waals surface area contributed by atoms with E-state index in [0.717, 1.165) is 12.0 Å². The van der Waals surface area contributed by atoms with E-state index in [9.17, 15) is 9.82 Å². The molecule has 14 heavy (non-hydrogen) atoms. The molecule has 0 aliphatic heterocycles. The molecule has 0 spiro atoms. The highest BCUT2D eigenvalue weighted by molar-refractivity contribution is 6.61. The molecular formula is C9H11BO4. The maximum atomic E-state index is 10.1. The first-order valence-corrected chi connectivity index (χ1v) is 4.30. The van der Waals surface area contributed by atoms with Gasteiger partial charge in [0.15, 0.2) is 0 Å². The molecule has 0 aromatic heterocycles. The molecule has 0 atom stereocenters. The largest absolute Gasteiger partial charge is 0.564 e. The third kappa shape index (κ3) is 2.78. The lowest BCUT2D eigenvalue weighted by Crippen LogP contribution is -2.35. The van der Waals surface area contributed by atoms with Crippen molar-refractivity contribution in [3.05, 3.63) is 29.8 Å². The molecule has 0 bridgehead atoms. The number of carbonyl (C=O) groups is 1. The van der Waals surface area contributed by atoms with Crippen LogP contribution in [0.25, 0.3) is 0 Å². The van der Waals surface area contributed by atoms with Gasteiger partial charge in [0.1, 0.15) is 0 Å². The fourth-order valence-electron chi connectivity index (χ4n) is 1.08. The van der Waals surface area contributed by atoms with Gasteiger partial charge in [-0.15, -0.1) is 0 Å². The van der Waals surface area contributed by atoms with E-state index < -0.39 is 13.3 Å². The van der Waals surface area contributed by atoms with E-state index in [-0.39, 0.29) is 0 Å². The van der Waals surface area contributed by atoms with Crippen molar-refractivity contribution in [2.75, 3.05) is 0 Å². The summed E-state index contributed by atoms with van der Waals surface area (Å²) < 4.78 is 4.18. The van der Waals surface area contributed by atoms with Crippen molar-refractivity contribution in [2.24, 2.45) is 0 Å². The molecule has 0 aliphatic carbocycles. The van der Waals surface area contributed by atoms with Gasteiger partial charge < -0.3 is 14.8 Å². The van der Waals surface area contributed by atoms with E-state index in [1.807, 2.05) is 19.1 Å². The molecule has 0 amide bonds. The standard InChI is InChI=1S/C9H11BO4/c1-2-7-3-5-8(6-4-7)10(13)14-9(11)12/h3-6,13H,2H2,1H3,(H,11,12). The lowest BCUT2D eigenvalue weighted by Gasteiger charge is -2.05. The van der Waals surface area contributed by atoms with E-state index in [1.54, 1.807) is 12.1 Å². The fraction of sp³-hybridized carbons (Fsp3) is 0.222. The number of benzene rings is 1. The van der Waals surface area contributed by atoms with Crippen LogP contribution in [-0.4, -0.2) is 23.4 Å². The molecule has 0 saturated carbocycles. The van der Waals surface area contributed by atoms with Gasteiger partial charge >= 0.3 is 13.3 Å². The Hall–Kier alpha value is -1.49. The highest BCUT2D eigenvalue weighted by Gasteiger charge is 2.20. The van der Waals surface area contributed by atoms with Crippen LogP contribution in [0.5, 0.6) is 0 Å². The van der Waals surface area contributed by atoms with Gasteiger partial charge in [0.2, 0.25) is 0 Å². The smallest absolute Gasteiger partial charge is 0.473 e. The van der Waals surface area contributed by atoms with E-state index in [4.69, 9.17) is 5.11 Å². The minimum atomic E-state index is -1.49. The SMILES string of the molecule is CCc1ccc(B(O)OC(=O)O)cc1. The van der Waals surface area contributed by atoms with Crippen molar-refractivity contribution in [3.63, 3.8) is 0 Å². The van der Waals surface area contributed by atoms with E-state index in [2.05, 4.69) is 4.65 Å². The highest BCUT2D eigenvalue weighted by Crippen LogP contribution is 1.98. The first-order chi connectivity index (χ1) is 6.63. The predicted molar refractivity (Wildman–Crippen MR) is 52.5 cm³/mol. The van der Waals surface area contributed by atoms with Gasteiger partial charge in [-0.3, -0.25) is 0 Å². The quantitative estimate of drug-likeness (QED) is 0.692. The second kappa shape index (κ2) is 4.67. The summed E-state index contributed by atoms with van der Waals surface area (Å²) in [7, 11) is -1.40. The Balaban J connectivity index is 2.71. The first-order valence-electron chi connectivity index (χ1n) is 4.30. The molecule has 1 rings (SSSR count). The van der Waals surface area contributed by atoms with Crippen LogP contribution in [0.15, 0.2) is 24.3 Å². The Morgan fingerprint density at radius 2 is 2.00 bits per heavy atom. The molecule has 74 valence electrons. The van der Waals surface area contributed by atoms with Crippen LogP contribution in [0.4, 0.5) is 4.79 Å². The van der Waals surface area contributed by atoms with Crippen molar-refractivity contribution in [1.82, 2.24) is 0 Å². The minimum absolute atomic E-state index is 0.435. The van der Waals surface area contributed by atoms with Crippen molar-refractivity contribution >= 4 is 18.7 Å². The predicted octanol–water partition coefficient (Wildman–Crippen LogP) is 0.631. The van der Waals surface area contributed by atoms with Gasteiger partial charge in [-0.2, -0.15) is 0 Å². The molecule has 0 aliphatic rings. The number of rotatable bonds is 3. The van der Waals surface area contributed by atoms with Gasteiger partial charge in [-0.25, -0.2) is 4.79 Å². The van der Waals surface area contributed by atoms with Crippen LogP contribution in [-0.2, 0) is 11.1 Å².